The van der Waals surface area contributed by atoms with Crippen molar-refractivity contribution in [1.29, 1.82) is 5.26 Å². The summed E-state index contributed by atoms with van der Waals surface area (Å²) in [5, 5.41) is 17.2. The van der Waals surface area contributed by atoms with Crippen LogP contribution >= 0.6 is 11.3 Å². The lowest BCUT2D eigenvalue weighted by Crippen LogP contribution is -1.94. The fourth-order valence-electron chi connectivity index (χ4n) is 7.42. The van der Waals surface area contributed by atoms with Gasteiger partial charge in [0.1, 0.15) is 17.2 Å². The standard InChI is InChI=1S/C43H24N2OS/c44-25-28-21-23-32(31-14-9-19-39-40(31)33-13-5-7-18-38(33)46-39)41-34-15-8-17-36(43(34)47-42(28)41)45-35-16-6-4-12-29(35)30-22-20-27(24-37(30)45)26-10-2-1-3-11-26/h1-24H. The molecular weight excluding hydrogens is 593 g/mol. The van der Waals surface area contributed by atoms with Crippen LogP contribution in [0.4, 0.5) is 0 Å². The number of fused-ring (bicyclic) bond motifs is 9. The van der Waals surface area contributed by atoms with Crippen molar-refractivity contribution in [2.45, 2.75) is 0 Å². The van der Waals surface area contributed by atoms with Crippen LogP contribution in [-0.2, 0) is 0 Å². The van der Waals surface area contributed by atoms with Crippen molar-refractivity contribution in [2.75, 3.05) is 0 Å². The largest absolute Gasteiger partial charge is 0.456 e. The van der Waals surface area contributed by atoms with Gasteiger partial charge in [0.15, 0.2) is 0 Å². The fourth-order valence-corrected chi connectivity index (χ4v) is 8.71. The minimum absolute atomic E-state index is 0.689. The molecule has 0 bridgehead atoms. The van der Waals surface area contributed by atoms with Crippen LogP contribution in [0.1, 0.15) is 5.56 Å². The molecular formula is C43H24N2OS. The van der Waals surface area contributed by atoms with E-state index in [1.165, 1.54) is 21.9 Å². The Morgan fingerprint density at radius 1 is 0.511 bits per heavy atom. The highest BCUT2D eigenvalue weighted by Gasteiger charge is 2.22. The molecule has 0 aliphatic carbocycles. The Kier molecular flexibility index (Phi) is 5.51. The Morgan fingerprint density at radius 3 is 2.13 bits per heavy atom. The molecule has 0 saturated heterocycles. The van der Waals surface area contributed by atoms with Gasteiger partial charge in [-0.15, -0.1) is 11.3 Å². The highest BCUT2D eigenvalue weighted by Crippen LogP contribution is 2.47. The zero-order valence-electron chi connectivity index (χ0n) is 25.1. The highest BCUT2D eigenvalue weighted by atomic mass is 32.1. The Balaban J connectivity index is 1.31. The van der Waals surface area contributed by atoms with Crippen molar-refractivity contribution in [1.82, 2.24) is 4.57 Å². The Morgan fingerprint density at radius 2 is 1.23 bits per heavy atom. The summed E-state index contributed by atoms with van der Waals surface area (Å²) in [5.41, 5.74) is 10.4. The number of benzene rings is 7. The van der Waals surface area contributed by atoms with Gasteiger partial charge in [-0.1, -0.05) is 109 Å². The second-order valence-corrected chi connectivity index (χ2v) is 13.0. The second-order valence-electron chi connectivity index (χ2n) is 12.0. The van der Waals surface area contributed by atoms with Gasteiger partial charge in [-0.2, -0.15) is 5.26 Å². The van der Waals surface area contributed by atoms with E-state index in [2.05, 4.69) is 132 Å². The topological polar surface area (TPSA) is 41.9 Å². The molecule has 10 aromatic rings. The van der Waals surface area contributed by atoms with Crippen molar-refractivity contribution in [3.63, 3.8) is 0 Å². The second kappa shape index (κ2) is 9.92. The zero-order chi connectivity index (χ0) is 31.1. The maximum absolute atomic E-state index is 10.3. The first kappa shape index (κ1) is 26.1. The fraction of sp³-hybridized carbons (Fsp3) is 0. The molecule has 0 unspecified atom stereocenters. The normalized spacial score (nSPS) is 11.8. The molecule has 47 heavy (non-hydrogen) atoms. The quantitative estimate of drug-likeness (QED) is 0.198. The Labute approximate surface area is 273 Å². The number of nitrogens with zero attached hydrogens (tertiary/aromatic N) is 2. The van der Waals surface area contributed by atoms with E-state index in [0.717, 1.165) is 70.0 Å². The average Bonchev–Trinajstić information content (AvgIpc) is 3.81. The van der Waals surface area contributed by atoms with Crippen molar-refractivity contribution in [3.05, 3.63) is 151 Å². The van der Waals surface area contributed by atoms with Gasteiger partial charge in [-0.25, -0.2) is 0 Å². The van der Waals surface area contributed by atoms with Crippen LogP contribution in [0.5, 0.6) is 0 Å². The van der Waals surface area contributed by atoms with Crippen molar-refractivity contribution < 1.29 is 4.42 Å². The number of rotatable bonds is 3. The average molecular weight is 617 g/mol. The molecule has 7 aromatic carbocycles. The molecule has 0 amide bonds. The van der Waals surface area contributed by atoms with Gasteiger partial charge in [0.25, 0.3) is 0 Å². The summed E-state index contributed by atoms with van der Waals surface area (Å²) in [6.07, 6.45) is 0. The monoisotopic (exact) mass is 616 g/mol. The highest BCUT2D eigenvalue weighted by molar-refractivity contribution is 7.26. The van der Waals surface area contributed by atoms with Crippen molar-refractivity contribution in [2.24, 2.45) is 0 Å². The predicted molar refractivity (Wildman–Crippen MR) is 197 cm³/mol. The molecule has 0 atom stereocenters. The summed E-state index contributed by atoms with van der Waals surface area (Å²) in [5.74, 6) is 0. The first-order valence-electron chi connectivity index (χ1n) is 15.7. The molecule has 0 spiro atoms. The molecule has 4 heteroatoms. The number of nitriles is 1. The maximum Gasteiger partial charge on any atom is 0.136 e. The molecule has 218 valence electrons. The van der Waals surface area contributed by atoms with Gasteiger partial charge in [0.2, 0.25) is 0 Å². The molecule has 0 N–H and O–H groups in total. The van der Waals surface area contributed by atoms with E-state index in [1.54, 1.807) is 11.3 Å². The zero-order valence-corrected chi connectivity index (χ0v) is 25.9. The van der Waals surface area contributed by atoms with Crippen LogP contribution < -0.4 is 0 Å². The summed E-state index contributed by atoms with van der Waals surface area (Å²) in [7, 11) is 0. The minimum Gasteiger partial charge on any atom is -0.456 e. The molecule has 3 nitrogen and oxygen atoms in total. The van der Waals surface area contributed by atoms with Gasteiger partial charge in [-0.3, -0.25) is 0 Å². The summed E-state index contributed by atoms with van der Waals surface area (Å²) < 4.78 is 10.8. The Hall–Kier alpha value is -6.15. The number of furan rings is 1. The molecule has 3 heterocycles. The van der Waals surface area contributed by atoms with E-state index in [4.69, 9.17) is 4.42 Å². The van der Waals surface area contributed by atoms with Crippen LogP contribution in [0.15, 0.2) is 150 Å². The van der Waals surface area contributed by atoms with Gasteiger partial charge in [0, 0.05) is 32.3 Å². The van der Waals surface area contributed by atoms with E-state index < -0.39 is 0 Å². The Bertz CT molecular complexity index is 2920. The third-order valence-electron chi connectivity index (χ3n) is 9.46. The summed E-state index contributed by atoms with van der Waals surface area (Å²) in [6.45, 7) is 0. The molecule has 0 saturated carbocycles. The van der Waals surface area contributed by atoms with Gasteiger partial charge >= 0.3 is 0 Å². The first-order chi connectivity index (χ1) is 23.3. The van der Waals surface area contributed by atoms with Crippen molar-refractivity contribution in [3.8, 4) is 34.0 Å². The molecule has 0 radical (unpaired) electrons. The SMILES string of the molecule is N#Cc1ccc(-c2cccc3oc4ccccc4c23)c2c1sc1c(-n3c4ccccc4c4ccc(-c5ccccc5)cc43)cccc12. The van der Waals surface area contributed by atoms with Crippen LogP contribution in [0.25, 0.3) is 91.9 Å². The molecule has 0 aliphatic rings. The van der Waals surface area contributed by atoms with Gasteiger partial charge < -0.3 is 8.98 Å². The van der Waals surface area contributed by atoms with Crippen molar-refractivity contribution >= 4 is 75.3 Å². The van der Waals surface area contributed by atoms with Crippen LogP contribution in [0.2, 0.25) is 0 Å². The minimum atomic E-state index is 0.689. The van der Waals surface area contributed by atoms with E-state index in [0.29, 0.717) is 5.56 Å². The number of hydrogen-bond donors (Lipinski definition) is 0. The third kappa shape index (κ3) is 3.72. The lowest BCUT2D eigenvalue weighted by atomic mass is 9.94. The summed E-state index contributed by atoms with van der Waals surface area (Å²) in [4.78, 5) is 0. The number of para-hydroxylation sites is 2. The first-order valence-corrected chi connectivity index (χ1v) is 16.5. The molecule has 0 fully saturated rings. The lowest BCUT2D eigenvalue weighted by molar-refractivity contribution is 0.669. The van der Waals surface area contributed by atoms with Crippen LogP contribution in [-0.4, -0.2) is 4.57 Å². The number of hydrogen-bond acceptors (Lipinski definition) is 3. The lowest BCUT2D eigenvalue weighted by Gasteiger charge is -2.11. The summed E-state index contributed by atoms with van der Waals surface area (Å²) in [6, 6.07) is 53.6. The van der Waals surface area contributed by atoms with Crippen LogP contribution in [0.3, 0.4) is 0 Å². The molecule has 0 aliphatic heterocycles. The van der Waals surface area contributed by atoms with Gasteiger partial charge in [-0.05, 0) is 58.7 Å². The maximum atomic E-state index is 10.3. The number of thiophene rings is 1. The third-order valence-corrected chi connectivity index (χ3v) is 10.7. The van der Waals surface area contributed by atoms with E-state index in [1.807, 2.05) is 24.3 Å². The van der Waals surface area contributed by atoms with E-state index >= 15 is 0 Å². The predicted octanol–water partition coefficient (Wildman–Crippen LogP) is 12.3. The smallest absolute Gasteiger partial charge is 0.136 e. The summed E-state index contributed by atoms with van der Waals surface area (Å²) >= 11 is 1.71. The number of aromatic nitrogens is 1. The molecule has 10 rings (SSSR count). The van der Waals surface area contributed by atoms with Crippen LogP contribution in [0, 0.1) is 11.3 Å². The molecule has 3 aromatic heterocycles. The van der Waals surface area contributed by atoms with E-state index in [-0.39, 0.29) is 0 Å². The van der Waals surface area contributed by atoms with E-state index in [9.17, 15) is 5.26 Å². The van der Waals surface area contributed by atoms with Gasteiger partial charge in [0.05, 0.1) is 31.7 Å².